The number of aromatic nitrogens is 1. The lowest BCUT2D eigenvalue weighted by Crippen LogP contribution is -2.35. The zero-order valence-electron chi connectivity index (χ0n) is 18.4. The number of methoxy groups -OCH3 is 2. The van der Waals surface area contributed by atoms with Gasteiger partial charge in [0.05, 0.1) is 24.8 Å². The predicted molar refractivity (Wildman–Crippen MR) is 128 cm³/mol. The van der Waals surface area contributed by atoms with Crippen molar-refractivity contribution in [1.82, 2.24) is 9.29 Å². The van der Waals surface area contributed by atoms with E-state index in [0.717, 1.165) is 24.8 Å². The van der Waals surface area contributed by atoms with Gasteiger partial charge in [-0.25, -0.2) is 13.4 Å². The molecule has 1 amide bonds. The summed E-state index contributed by atoms with van der Waals surface area (Å²) in [6.07, 6.45) is 2.74. The first kappa shape index (κ1) is 23.2. The summed E-state index contributed by atoms with van der Waals surface area (Å²) in [5.41, 5.74) is 1.62. The minimum atomic E-state index is -3.62. The van der Waals surface area contributed by atoms with Crippen molar-refractivity contribution in [2.75, 3.05) is 32.6 Å². The van der Waals surface area contributed by atoms with Gasteiger partial charge >= 0.3 is 0 Å². The van der Waals surface area contributed by atoms with Gasteiger partial charge in [-0.15, -0.1) is 11.3 Å². The van der Waals surface area contributed by atoms with Gasteiger partial charge < -0.3 is 9.47 Å². The molecular weight excluding hydrogens is 462 g/mol. The summed E-state index contributed by atoms with van der Waals surface area (Å²) in [4.78, 5) is 17.5. The van der Waals surface area contributed by atoms with Crippen molar-refractivity contribution in [3.63, 3.8) is 0 Å². The van der Waals surface area contributed by atoms with Crippen LogP contribution >= 0.6 is 11.3 Å². The Morgan fingerprint density at radius 1 is 1.06 bits per heavy atom. The summed E-state index contributed by atoms with van der Waals surface area (Å²) < 4.78 is 38.1. The zero-order chi connectivity index (χ0) is 23.4. The van der Waals surface area contributed by atoms with Crippen LogP contribution in [0.25, 0.3) is 11.3 Å². The highest BCUT2D eigenvalue weighted by atomic mass is 32.2. The van der Waals surface area contributed by atoms with Crippen LogP contribution in [0.5, 0.6) is 11.5 Å². The van der Waals surface area contributed by atoms with Crippen molar-refractivity contribution in [3.8, 4) is 22.8 Å². The molecule has 0 atom stereocenters. The van der Waals surface area contributed by atoms with Gasteiger partial charge in [-0.3, -0.25) is 10.1 Å². The van der Waals surface area contributed by atoms with E-state index in [1.54, 1.807) is 38.5 Å². The van der Waals surface area contributed by atoms with Crippen LogP contribution in [0.15, 0.2) is 52.7 Å². The van der Waals surface area contributed by atoms with Gasteiger partial charge in [0.2, 0.25) is 10.0 Å². The molecule has 1 saturated heterocycles. The van der Waals surface area contributed by atoms with E-state index in [2.05, 4.69) is 10.3 Å². The Kier molecular flexibility index (Phi) is 6.96. The normalized spacial score (nSPS) is 14.6. The van der Waals surface area contributed by atoms with E-state index in [1.807, 2.05) is 11.4 Å². The van der Waals surface area contributed by atoms with Crippen LogP contribution in [0, 0.1) is 0 Å². The second-order valence-corrected chi connectivity index (χ2v) is 10.3. The molecule has 174 valence electrons. The number of rotatable bonds is 7. The highest BCUT2D eigenvalue weighted by Crippen LogP contribution is 2.35. The maximum Gasteiger partial charge on any atom is 0.257 e. The fraction of sp³-hybridized carbons (Fsp3) is 0.304. The molecule has 2 heterocycles. The highest BCUT2D eigenvalue weighted by Gasteiger charge is 2.26. The first-order valence-electron chi connectivity index (χ1n) is 10.5. The Morgan fingerprint density at radius 3 is 2.58 bits per heavy atom. The number of anilines is 1. The van der Waals surface area contributed by atoms with E-state index in [-0.39, 0.29) is 10.5 Å². The molecule has 0 saturated carbocycles. The van der Waals surface area contributed by atoms with Crippen LogP contribution in [-0.2, 0) is 10.0 Å². The number of amides is 1. The number of nitrogens with one attached hydrogen (secondary N) is 1. The Morgan fingerprint density at radius 2 is 1.85 bits per heavy atom. The third-order valence-electron chi connectivity index (χ3n) is 5.46. The number of hydrogen-bond donors (Lipinski definition) is 1. The number of ether oxygens (including phenoxy) is 2. The molecule has 4 rings (SSSR count). The van der Waals surface area contributed by atoms with E-state index in [9.17, 15) is 13.2 Å². The van der Waals surface area contributed by atoms with Crippen LogP contribution in [0.1, 0.15) is 29.6 Å². The van der Waals surface area contributed by atoms with Crippen LogP contribution in [0.4, 0.5) is 5.13 Å². The van der Waals surface area contributed by atoms with Crippen molar-refractivity contribution in [1.29, 1.82) is 0 Å². The fourth-order valence-electron chi connectivity index (χ4n) is 3.69. The molecule has 0 spiro atoms. The molecule has 10 heteroatoms. The topological polar surface area (TPSA) is 97.8 Å². The quantitative estimate of drug-likeness (QED) is 0.535. The van der Waals surface area contributed by atoms with E-state index in [0.29, 0.717) is 35.4 Å². The first-order valence-corrected chi connectivity index (χ1v) is 12.8. The largest absolute Gasteiger partial charge is 0.497 e. The molecule has 2 aromatic carbocycles. The second-order valence-electron chi connectivity index (χ2n) is 7.55. The van der Waals surface area contributed by atoms with Crippen molar-refractivity contribution in [2.45, 2.75) is 24.2 Å². The summed E-state index contributed by atoms with van der Waals surface area (Å²) in [5.74, 6) is 0.870. The average molecular weight is 488 g/mol. The molecular formula is C23H25N3O5S2. The van der Waals surface area contributed by atoms with E-state index < -0.39 is 15.9 Å². The van der Waals surface area contributed by atoms with E-state index >= 15 is 0 Å². The van der Waals surface area contributed by atoms with Crippen molar-refractivity contribution < 1.29 is 22.7 Å². The standard InChI is InChI=1S/C23H25N3O5S2/c1-30-17-9-10-21(31-2)19(14-17)20-15-32-23(24-20)25-22(27)16-7-6-8-18(13-16)33(28,29)26-11-4-3-5-12-26/h6-10,13-15H,3-5,11-12H2,1-2H3,(H,24,25,27). The number of carbonyl (C=O) groups excluding carboxylic acids is 1. The zero-order valence-corrected chi connectivity index (χ0v) is 20.0. The number of piperidine rings is 1. The Labute approximate surface area is 197 Å². The summed E-state index contributed by atoms with van der Waals surface area (Å²) >= 11 is 1.27. The fourth-order valence-corrected chi connectivity index (χ4v) is 5.96. The molecule has 1 N–H and O–H groups in total. The smallest absolute Gasteiger partial charge is 0.257 e. The predicted octanol–water partition coefficient (Wildman–Crippen LogP) is 4.25. The van der Waals surface area contributed by atoms with Gasteiger partial charge in [0.1, 0.15) is 11.5 Å². The Balaban J connectivity index is 1.53. The highest BCUT2D eigenvalue weighted by molar-refractivity contribution is 7.89. The van der Waals surface area contributed by atoms with Gasteiger partial charge in [-0.2, -0.15) is 4.31 Å². The minimum absolute atomic E-state index is 0.123. The van der Waals surface area contributed by atoms with Crippen LogP contribution in [0.3, 0.4) is 0 Å². The van der Waals surface area contributed by atoms with E-state index in [4.69, 9.17) is 9.47 Å². The van der Waals surface area contributed by atoms with Gasteiger partial charge in [0.25, 0.3) is 5.91 Å². The van der Waals surface area contributed by atoms with Crippen LogP contribution in [0.2, 0.25) is 0 Å². The molecule has 0 aliphatic carbocycles. The average Bonchev–Trinajstić information content (AvgIpc) is 3.32. The van der Waals surface area contributed by atoms with Crippen molar-refractivity contribution in [2.24, 2.45) is 0 Å². The second kappa shape index (κ2) is 9.90. The van der Waals surface area contributed by atoms with Crippen molar-refractivity contribution >= 4 is 32.4 Å². The summed E-state index contributed by atoms with van der Waals surface area (Å²) in [6.45, 7) is 1.02. The van der Waals surface area contributed by atoms with Gasteiger partial charge in [-0.1, -0.05) is 12.5 Å². The third kappa shape index (κ3) is 5.02. The maximum absolute atomic E-state index is 13.0. The van der Waals surface area contributed by atoms with Gasteiger partial charge in [0, 0.05) is 29.6 Å². The SMILES string of the molecule is COc1ccc(OC)c(-c2csc(NC(=O)c3cccc(S(=O)(=O)N4CCCCC4)c3)n2)c1. The minimum Gasteiger partial charge on any atom is -0.497 e. The first-order chi connectivity index (χ1) is 15.9. The Bertz CT molecular complexity index is 1250. The van der Waals surface area contributed by atoms with Crippen molar-refractivity contribution in [3.05, 3.63) is 53.4 Å². The molecule has 1 fully saturated rings. The van der Waals surface area contributed by atoms with E-state index in [1.165, 1.54) is 27.8 Å². The van der Waals surface area contributed by atoms with Crippen LogP contribution < -0.4 is 14.8 Å². The molecule has 8 nitrogen and oxygen atoms in total. The maximum atomic E-state index is 13.0. The molecule has 1 aliphatic rings. The molecule has 0 unspecified atom stereocenters. The molecule has 0 bridgehead atoms. The third-order valence-corrected chi connectivity index (χ3v) is 8.11. The monoisotopic (exact) mass is 487 g/mol. The number of sulfonamides is 1. The number of hydrogen-bond acceptors (Lipinski definition) is 7. The molecule has 33 heavy (non-hydrogen) atoms. The lowest BCUT2D eigenvalue weighted by molar-refractivity contribution is 0.102. The number of thiazole rings is 1. The summed E-state index contributed by atoms with van der Waals surface area (Å²) in [5, 5.41) is 4.96. The number of benzene rings is 2. The van der Waals surface area contributed by atoms with Gasteiger partial charge in [-0.05, 0) is 49.2 Å². The number of nitrogens with zero attached hydrogens (tertiary/aromatic N) is 2. The molecule has 0 radical (unpaired) electrons. The Hall–Kier alpha value is -2.95. The summed E-state index contributed by atoms with van der Waals surface area (Å²) in [7, 11) is -0.467. The van der Waals surface area contributed by atoms with Crippen LogP contribution in [-0.4, -0.2) is 50.9 Å². The lowest BCUT2D eigenvalue weighted by atomic mass is 10.1. The molecule has 1 aromatic heterocycles. The lowest BCUT2D eigenvalue weighted by Gasteiger charge is -2.26. The van der Waals surface area contributed by atoms with Gasteiger partial charge in [0.15, 0.2) is 5.13 Å². The molecule has 3 aromatic rings. The number of carbonyl (C=O) groups is 1. The summed E-state index contributed by atoms with van der Waals surface area (Å²) in [6, 6.07) is 11.5. The molecule has 1 aliphatic heterocycles.